The molecule has 0 aliphatic heterocycles. The van der Waals surface area contributed by atoms with E-state index in [-0.39, 0.29) is 11.9 Å². The molecule has 0 saturated heterocycles. The van der Waals surface area contributed by atoms with Crippen molar-refractivity contribution >= 4 is 16.9 Å². The highest BCUT2D eigenvalue weighted by Gasteiger charge is 2.14. The summed E-state index contributed by atoms with van der Waals surface area (Å²) in [7, 11) is 0. The third-order valence-electron chi connectivity index (χ3n) is 3.43. The predicted molar refractivity (Wildman–Crippen MR) is 80.6 cm³/mol. The molecule has 0 spiro atoms. The van der Waals surface area contributed by atoms with Gasteiger partial charge in [-0.3, -0.25) is 4.79 Å². The van der Waals surface area contributed by atoms with E-state index in [1.807, 2.05) is 45.0 Å². The van der Waals surface area contributed by atoms with Gasteiger partial charge in [-0.25, -0.2) is 0 Å². The topological polar surface area (TPSA) is 54.3 Å². The summed E-state index contributed by atoms with van der Waals surface area (Å²) in [6.45, 7) is 7.23. The number of hydrogen-bond donors (Lipinski definition) is 2. The number of benzene rings is 1. The zero-order valence-corrected chi connectivity index (χ0v) is 12.3. The third kappa shape index (κ3) is 3.20. The van der Waals surface area contributed by atoms with Crippen molar-refractivity contribution in [3.63, 3.8) is 0 Å². The number of rotatable bonds is 6. The number of para-hydroxylation sites is 1. The Morgan fingerprint density at radius 3 is 2.85 bits per heavy atom. The average molecular weight is 274 g/mol. The van der Waals surface area contributed by atoms with E-state index in [1.54, 1.807) is 0 Å². The number of amides is 1. The molecule has 0 radical (unpaired) electrons. The Balaban J connectivity index is 2.02. The molecule has 20 heavy (non-hydrogen) atoms. The number of nitrogens with one attached hydrogen (secondary N) is 2. The lowest BCUT2D eigenvalue weighted by Crippen LogP contribution is -2.42. The lowest BCUT2D eigenvalue weighted by Gasteiger charge is -2.13. The number of carbonyl (C=O) groups is 1. The zero-order chi connectivity index (χ0) is 14.5. The molecule has 0 aliphatic rings. The van der Waals surface area contributed by atoms with Crippen LogP contribution in [0.2, 0.25) is 0 Å². The SMILES string of the molecule is CCCNC(=O)C(C)NCc1c(C)oc2ccccc12. The first-order valence-corrected chi connectivity index (χ1v) is 7.11. The zero-order valence-electron chi connectivity index (χ0n) is 12.3. The molecule has 4 nitrogen and oxygen atoms in total. The van der Waals surface area contributed by atoms with Crippen molar-refractivity contribution < 1.29 is 9.21 Å². The van der Waals surface area contributed by atoms with Crippen LogP contribution in [-0.2, 0) is 11.3 Å². The molecule has 1 heterocycles. The molecule has 108 valence electrons. The van der Waals surface area contributed by atoms with E-state index >= 15 is 0 Å². The summed E-state index contributed by atoms with van der Waals surface area (Å²) in [5.41, 5.74) is 2.01. The number of carbonyl (C=O) groups excluding carboxylic acids is 1. The van der Waals surface area contributed by atoms with Gasteiger partial charge in [0.1, 0.15) is 11.3 Å². The van der Waals surface area contributed by atoms with Gasteiger partial charge in [-0.15, -0.1) is 0 Å². The van der Waals surface area contributed by atoms with Crippen LogP contribution in [0, 0.1) is 6.92 Å². The number of hydrogen-bond acceptors (Lipinski definition) is 3. The minimum atomic E-state index is -0.213. The quantitative estimate of drug-likeness (QED) is 0.851. The van der Waals surface area contributed by atoms with Gasteiger partial charge < -0.3 is 15.1 Å². The molecule has 1 aromatic carbocycles. The summed E-state index contributed by atoms with van der Waals surface area (Å²) in [6.07, 6.45) is 0.948. The molecule has 0 fully saturated rings. The second-order valence-corrected chi connectivity index (χ2v) is 5.03. The van der Waals surface area contributed by atoms with Gasteiger partial charge in [0.25, 0.3) is 0 Å². The normalized spacial score (nSPS) is 12.6. The Morgan fingerprint density at radius 2 is 2.10 bits per heavy atom. The van der Waals surface area contributed by atoms with Gasteiger partial charge in [0, 0.05) is 24.0 Å². The minimum Gasteiger partial charge on any atom is -0.461 e. The maximum atomic E-state index is 11.8. The summed E-state index contributed by atoms with van der Waals surface area (Å²) in [5, 5.41) is 7.25. The molecule has 2 aromatic rings. The van der Waals surface area contributed by atoms with Gasteiger partial charge in [-0.1, -0.05) is 25.1 Å². The van der Waals surface area contributed by atoms with E-state index in [9.17, 15) is 4.79 Å². The first kappa shape index (κ1) is 14.6. The van der Waals surface area contributed by atoms with Gasteiger partial charge >= 0.3 is 0 Å². The van der Waals surface area contributed by atoms with Crippen molar-refractivity contribution in [2.75, 3.05) is 6.54 Å². The van der Waals surface area contributed by atoms with Crippen LogP contribution in [0.5, 0.6) is 0 Å². The van der Waals surface area contributed by atoms with Crippen LogP contribution in [0.1, 0.15) is 31.6 Å². The summed E-state index contributed by atoms with van der Waals surface area (Å²) >= 11 is 0. The fourth-order valence-electron chi connectivity index (χ4n) is 2.19. The van der Waals surface area contributed by atoms with Crippen LogP contribution in [0.25, 0.3) is 11.0 Å². The van der Waals surface area contributed by atoms with Crippen molar-refractivity contribution in [1.82, 2.24) is 10.6 Å². The van der Waals surface area contributed by atoms with Crippen LogP contribution in [0.15, 0.2) is 28.7 Å². The highest BCUT2D eigenvalue weighted by molar-refractivity contribution is 5.83. The Labute approximate surface area is 119 Å². The second kappa shape index (κ2) is 6.57. The lowest BCUT2D eigenvalue weighted by atomic mass is 10.1. The summed E-state index contributed by atoms with van der Waals surface area (Å²) in [5.74, 6) is 0.942. The van der Waals surface area contributed by atoms with E-state index < -0.39 is 0 Å². The number of fused-ring (bicyclic) bond motifs is 1. The molecule has 0 bridgehead atoms. The molecule has 2 N–H and O–H groups in total. The van der Waals surface area contributed by atoms with Crippen LogP contribution in [0.3, 0.4) is 0 Å². The molecular formula is C16H22N2O2. The maximum absolute atomic E-state index is 11.8. The van der Waals surface area contributed by atoms with Gasteiger partial charge in [-0.2, -0.15) is 0 Å². The first-order valence-electron chi connectivity index (χ1n) is 7.11. The van der Waals surface area contributed by atoms with Gasteiger partial charge in [-0.05, 0) is 26.3 Å². The Hall–Kier alpha value is -1.81. The van der Waals surface area contributed by atoms with Crippen molar-refractivity contribution in [2.45, 2.75) is 39.8 Å². The highest BCUT2D eigenvalue weighted by atomic mass is 16.3. The molecule has 1 unspecified atom stereocenters. The average Bonchev–Trinajstić information content (AvgIpc) is 2.77. The second-order valence-electron chi connectivity index (χ2n) is 5.03. The standard InChI is InChI=1S/C16H22N2O2/c1-4-9-17-16(19)11(2)18-10-14-12(3)20-15-8-6-5-7-13(14)15/h5-8,11,18H,4,9-10H2,1-3H3,(H,17,19). The number of furan rings is 1. The Kier molecular flexibility index (Phi) is 4.79. The predicted octanol–water partition coefficient (Wildman–Crippen LogP) is 2.75. The fraction of sp³-hybridized carbons (Fsp3) is 0.438. The molecule has 0 aliphatic carbocycles. The van der Waals surface area contributed by atoms with Gasteiger partial charge in [0.2, 0.25) is 5.91 Å². The van der Waals surface area contributed by atoms with E-state index in [4.69, 9.17) is 4.42 Å². The monoisotopic (exact) mass is 274 g/mol. The van der Waals surface area contributed by atoms with Crippen molar-refractivity contribution in [3.8, 4) is 0 Å². The van der Waals surface area contributed by atoms with E-state index in [0.717, 1.165) is 35.3 Å². The van der Waals surface area contributed by atoms with Crippen molar-refractivity contribution in [2.24, 2.45) is 0 Å². The van der Waals surface area contributed by atoms with Crippen LogP contribution in [-0.4, -0.2) is 18.5 Å². The lowest BCUT2D eigenvalue weighted by molar-refractivity contribution is -0.122. The Bertz CT molecular complexity index is 589. The van der Waals surface area contributed by atoms with Crippen LogP contribution in [0.4, 0.5) is 0 Å². The van der Waals surface area contributed by atoms with E-state index in [0.29, 0.717) is 6.54 Å². The van der Waals surface area contributed by atoms with Crippen molar-refractivity contribution in [1.29, 1.82) is 0 Å². The molecule has 1 amide bonds. The van der Waals surface area contributed by atoms with Gasteiger partial charge in [0.15, 0.2) is 0 Å². The first-order chi connectivity index (χ1) is 9.63. The molecule has 2 rings (SSSR count). The largest absolute Gasteiger partial charge is 0.461 e. The summed E-state index contributed by atoms with van der Waals surface area (Å²) in [4.78, 5) is 11.8. The van der Waals surface area contributed by atoms with E-state index in [2.05, 4.69) is 10.6 Å². The van der Waals surface area contributed by atoms with E-state index in [1.165, 1.54) is 0 Å². The fourth-order valence-corrected chi connectivity index (χ4v) is 2.19. The van der Waals surface area contributed by atoms with Gasteiger partial charge in [0.05, 0.1) is 6.04 Å². The Morgan fingerprint density at radius 1 is 1.35 bits per heavy atom. The van der Waals surface area contributed by atoms with Crippen LogP contribution >= 0.6 is 0 Å². The maximum Gasteiger partial charge on any atom is 0.236 e. The molecule has 0 saturated carbocycles. The molecule has 1 atom stereocenters. The third-order valence-corrected chi connectivity index (χ3v) is 3.43. The minimum absolute atomic E-state index is 0.0392. The summed E-state index contributed by atoms with van der Waals surface area (Å²) in [6, 6.07) is 7.75. The molecule has 4 heteroatoms. The highest BCUT2D eigenvalue weighted by Crippen LogP contribution is 2.24. The number of aryl methyl sites for hydroxylation is 1. The molecule has 1 aromatic heterocycles. The van der Waals surface area contributed by atoms with Crippen LogP contribution < -0.4 is 10.6 Å². The van der Waals surface area contributed by atoms with Crippen molar-refractivity contribution in [3.05, 3.63) is 35.6 Å². The summed E-state index contributed by atoms with van der Waals surface area (Å²) < 4.78 is 5.72. The molecular weight excluding hydrogens is 252 g/mol. The smallest absolute Gasteiger partial charge is 0.236 e.